The van der Waals surface area contributed by atoms with E-state index in [0.29, 0.717) is 10.8 Å². The Bertz CT molecular complexity index is 417. The molecule has 0 aliphatic carbocycles. The number of ether oxygens (including phenoxy) is 1. The van der Waals surface area contributed by atoms with Crippen LogP contribution in [-0.4, -0.2) is 25.1 Å². The molecule has 0 aromatic heterocycles. The molecule has 1 amide bonds. The first-order valence-corrected chi connectivity index (χ1v) is 6.02. The molecule has 0 atom stereocenters. The number of carbonyl (C=O) groups excluding carboxylic acids is 1. The Balaban J connectivity index is 2.19. The molecule has 1 aliphatic heterocycles. The van der Waals surface area contributed by atoms with Gasteiger partial charge in [-0.25, -0.2) is 0 Å². The number of amides is 1. The molecule has 0 bridgehead atoms. The van der Waals surface area contributed by atoms with Crippen molar-refractivity contribution in [1.82, 2.24) is 5.32 Å². The Morgan fingerprint density at radius 1 is 1.41 bits per heavy atom. The minimum absolute atomic E-state index is 0.118. The third-order valence-corrected chi connectivity index (χ3v) is 3.12. The molecular weight excluding hydrogens is 240 g/mol. The second-order valence-corrected chi connectivity index (χ2v) is 4.45. The number of hydrogen-bond acceptors (Lipinski definition) is 3. The highest BCUT2D eigenvalue weighted by atomic mass is 35.5. The summed E-state index contributed by atoms with van der Waals surface area (Å²) in [5.74, 6) is -0.0727. The summed E-state index contributed by atoms with van der Waals surface area (Å²) in [7, 11) is 0. The van der Waals surface area contributed by atoms with Gasteiger partial charge in [0.25, 0.3) is 5.91 Å². The van der Waals surface area contributed by atoms with E-state index in [9.17, 15) is 4.79 Å². The van der Waals surface area contributed by atoms with E-state index in [1.165, 1.54) is 0 Å². The second-order valence-electron chi connectivity index (χ2n) is 4.04. The number of hydrogen-bond donors (Lipinski definition) is 2. The van der Waals surface area contributed by atoms with Crippen LogP contribution in [-0.2, 0) is 0 Å². The number of halogens is 1. The summed E-state index contributed by atoms with van der Waals surface area (Å²) in [5, 5.41) is 3.59. The molecule has 1 fully saturated rings. The van der Waals surface area contributed by atoms with Crippen LogP contribution in [0.3, 0.4) is 0 Å². The average Bonchev–Trinajstić information content (AvgIpc) is 2.30. The van der Waals surface area contributed by atoms with E-state index < -0.39 is 5.91 Å². The van der Waals surface area contributed by atoms with Gasteiger partial charge in [-0.3, -0.25) is 4.79 Å². The maximum atomic E-state index is 11.3. The van der Waals surface area contributed by atoms with Gasteiger partial charge in [0.1, 0.15) is 11.9 Å². The van der Waals surface area contributed by atoms with Gasteiger partial charge in [-0.2, -0.15) is 0 Å². The van der Waals surface area contributed by atoms with E-state index in [-0.39, 0.29) is 11.7 Å². The fourth-order valence-corrected chi connectivity index (χ4v) is 2.19. The van der Waals surface area contributed by atoms with E-state index in [4.69, 9.17) is 22.1 Å². The molecule has 4 nitrogen and oxygen atoms in total. The largest absolute Gasteiger partial charge is 0.489 e. The van der Waals surface area contributed by atoms with Gasteiger partial charge in [0, 0.05) is 0 Å². The van der Waals surface area contributed by atoms with Crippen LogP contribution >= 0.6 is 11.6 Å². The quantitative estimate of drug-likeness (QED) is 0.861. The molecule has 3 N–H and O–H groups in total. The Morgan fingerprint density at radius 3 is 2.76 bits per heavy atom. The van der Waals surface area contributed by atoms with E-state index in [1.807, 2.05) is 0 Å². The van der Waals surface area contributed by atoms with Crippen LogP contribution in [0.25, 0.3) is 0 Å². The van der Waals surface area contributed by atoms with Crippen molar-refractivity contribution in [2.75, 3.05) is 13.1 Å². The summed E-state index contributed by atoms with van der Waals surface area (Å²) < 4.78 is 5.80. The molecule has 2 rings (SSSR count). The van der Waals surface area contributed by atoms with Gasteiger partial charge in [0.05, 0.1) is 10.6 Å². The molecule has 0 spiro atoms. The monoisotopic (exact) mass is 254 g/mol. The SMILES string of the molecule is NC(=O)c1c(Cl)cccc1OC1CCNCC1. The zero-order valence-electron chi connectivity index (χ0n) is 9.41. The lowest BCUT2D eigenvalue weighted by molar-refractivity contribution is 0.0989. The first-order valence-electron chi connectivity index (χ1n) is 5.64. The average molecular weight is 255 g/mol. The minimum Gasteiger partial charge on any atom is -0.489 e. The van der Waals surface area contributed by atoms with Crippen molar-refractivity contribution in [2.24, 2.45) is 5.73 Å². The second kappa shape index (κ2) is 5.38. The topological polar surface area (TPSA) is 64.4 Å². The van der Waals surface area contributed by atoms with Gasteiger partial charge in [0.15, 0.2) is 0 Å². The zero-order valence-corrected chi connectivity index (χ0v) is 10.2. The van der Waals surface area contributed by atoms with Crippen LogP contribution in [0, 0.1) is 0 Å². The molecule has 92 valence electrons. The molecule has 17 heavy (non-hydrogen) atoms. The first-order chi connectivity index (χ1) is 8.18. The van der Waals surface area contributed by atoms with Gasteiger partial charge >= 0.3 is 0 Å². The summed E-state index contributed by atoms with van der Waals surface area (Å²) in [6.45, 7) is 1.86. The lowest BCUT2D eigenvalue weighted by Crippen LogP contribution is -2.34. The molecule has 0 saturated carbocycles. The van der Waals surface area contributed by atoms with Gasteiger partial charge < -0.3 is 15.8 Å². The fraction of sp³-hybridized carbons (Fsp3) is 0.417. The van der Waals surface area contributed by atoms with Crippen molar-refractivity contribution in [3.8, 4) is 5.75 Å². The van der Waals surface area contributed by atoms with Gasteiger partial charge in [-0.05, 0) is 38.1 Å². The predicted molar refractivity (Wildman–Crippen MR) is 66.5 cm³/mol. The molecule has 0 unspecified atom stereocenters. The molecule has 1 aromatic rings. The highest BCUT2D eigenvalue weighted by Crippen LogP contribution is 2.27. The first kappa shape index (κ1) is 12.2. The summed E-state index contributed by atoms with van der Waals surface area (Å²) >= 11 is 5.95. The molecule has 1 heterocycles. The lowest BCUT2D eigenvalue weighted by Gasteiger charge is -2.24. The van der Waals surface area contributed by atoms with Crippen molar-refractivity contribution in [3.63, 3.8) is 0 Å². The Hall–Kier alpha value is -1.26. The van der Waals surface area contributed by atoms with Gasteiger partial charge in [0.2, 0.25) is 0 Å². The Kier molecular flexibility index (Phi) is 3.86. The van der Waals surface area contributed by atoms with Crippen molar-refractivity contribution in [2.45, 2.75) is 18.9 Å². The Morgan fingerprint density at radius 2 is 2.12 bits per heavy atom. The summed E-state index contributed by atoms with van der Waals surface area (Å²) in [6.07, 6.45) is 1.96. The summed E-state index contributed by atoms with van der Waals surface area (Å²) in [4.78, 5) is 11.3. The Labute approximate surface area is 105 Å². The standard InChI is InChI=1S/C12H15ClN2O2/c13-9-2-1-3-10(11(9)12(14)16)17-8-4-6-15-7-5-8/h1-3,8,15H,4-7H2,(H2,14,16). The normalized spacial score (nSPS) is 16.8. The molecule has 1 aromatic carbocycles. The van der Waals surface area contributed by atoms with Crippen molar-refractivity contribution < 1.29 is 9.53 Å². The van der Waals surface area contributed by atoms with Crippen LogP contribution < -0.4 is 15.8 Å². The highest BCUT2D eigenvalue weighted by Gasteiger charge is 2.19. The summed E-state index contributed by atoms with van der Waals surface area (Å²) in [5.41, 5.74) is 5.58. The zero-order chi connectivity index (χ0) is 12.3. The van der Waals surface area contributed by atoms with E-state index in [0.717, 1.165) is 25.9 Å². The van der Waals surface area contributed by atoms with Crippen LogP contribution in [0.4, 0.5) is 0 Å². The number of primary amides is 1. The van der Waals surface area contributed by atoms with Crippen LogP contribution in [0.15, 0.2) is 18.2 Å². The van der Waals surface area contributed by atoms with Crippen LogP contribution in [0.2, 0.25) is 5.02 Å². The van der Waals surface area contributed by atoms with E-state index >= 15 is 0 Å². The molecule has 5 heteroatoms. The van der Waals surface area contributed by atoms with Crippen molar-refractivity contribution >= 4 is 17.5 Å². The predicted octanol–water partition coefficient (Wildman–Crippen LogP) is 1.57. The number of carbonyl (C=O) groups is 1. The molecule has 0 radical (unpaired) electrons. The smallest absolute Gasteiger partial charge is 0.253 e. The number of nitrogens with one attached hydrogen (secondary N) is 1. The van der Waals surface area contributed by atoms with E-state index in [1.54, 1.807) is 18.2 Å². The number of rotatable bonds is 3. The van der Waals surface area contributed by atoms with Crippen molar-refractivity contribution in [1.29, 1.82) is 0 Å². The molecule has 1 aliphatic rings. The third-order valence-electron chi connectivity index (χ3n) is 2.80. The van der Waals surface area contributed by atoms with Gasteiger partial charge in [-0.1, -0.05) is 17.7 Å². The molecular formula is C12H15ClN2O2. The number of piperidine rings is 1. The van der Waals surface area contributed by atoms with Crippen LogP contribution in [0.5, 0.6) is 5.75 Å². The summed E-state index contributed by atoms with van der Waals surface area (Å²) in [6, 6.07) is 5.12. The van der Waals surface area contributed by atoms with Gasteiger partial charge in [-0.15, -0.1) is 0 Å². The maximum Gasteiger partial charge on any atom is 0.253 e. The lowest BCUT2D eigenvalue weighted by atomic mass is 10.1. The third kappa shape index (κ3) is 2.90. The van der Waals surface area contributed by atoms with Crippen LogP contribution in [0.1, 0.15) is 23.2 Å². The highest BCUT2D eigenvalue weighted by molar-refractivity contribution is 6.34. The fourth-order valence-electron chi connectivity index (χ4n) is 1.93. The number of benzene rings is 1. The van der Waals surface area contributed by atoms with Crippen molar-refractivity contribution in [3.05, 3.63) is 28.8 Å². The number of nitrogens with two attached hydrogens (primary N) is 1. The minimum atomic E-state index is -0.556. The molecule has 1 saturated heterocycles. The maximum absolute atomic E-state index is 11.3. The van der Waals surface area contributed by atoms with E-state index in [2.05, 4.69) is 5.32 Å².